The van der Waals surface area contributed by atoms with Crippen molar-refractivity contribution in [3.63, 3.8) is 0 Å². The molecule has 142 valence electrons. The minimum absolute atomic E-state index is 0.00281. The number of fused-ring (bicyclic) bond motifs is 1. The van der Waals surface area contributed by atoms with Crippen molar-refractivity contribution in [3.05, 3.63) is 42.0 Å². The first-order chi connectivity index (χ1) is 12.2. The van der Waals surface area contributed by atoms with Gasteiger partial charge in [-0.1, -0.05) is 18.2 Å². The summed E-state index contributed by atoms with van der Waals surface area (Å²) < 4.78 is 48.3. The number of carbonyl (C=O) groups is 1. The zero-order chi connectivity index (χ0) is 18.9. The Balaban J connectivity index is 1.55. The van der Waals surface area contributed by atoms with Crippen LogP contribution in [0.15, 0.2) is 36.4 Å². The first-order valence-electron chi connectivity index (χ1n) is 8.28. The molecule has 2 N–H and O–H groups in total. The minimum Gasteiger partial charge on any atom is -0.491 e. The summed E-state index contributed by atoms with van der Waals surface area (Å²) in [5.74, 6) is -0.721. The van der Waals surface area contributed by atoms with Gasteiger partial charge in [-0.15, -0.1) is 0 Å². The average molecular weight is 372 g/mol. The summed E-state index contributed by atoms with van der Waals surface area (Å²) >= 11 is 0. The highest BCUT2D eigenvalue weighted by Gasteiger charge is 2.48. The van der Waals surface area contributed by atoms with Crippen LogP contribution in [-0.2, 0) is 15.7 Å². The Bertz CT molecular complexity index is 688. The highest BCUT2D eigenvalue weighted by Crippen LogP contribution is 2.42. The molecule has 2 aliphatic rings. The third kappa shape index (κ3) is 4.19. The molecule has 1 saturated carbocycles. The van der Waals surface area contributed by atoms with Crippen molar-refractivity contribution in [2.45, 2.75) is 37.3 Å². The summed E-state index contributed by atoms with van der Waals surface area (Å²) in [5.41, 5.74) is -0.828. The van der Waals surface area contributed by atoms with Crippen molar-refractivity contribution in [2.75, 3.05) is 6.61 Å². The summed E-state index contributed by atoms with van der Waals surface area (Å²) in [4.78, 5) is 11.3. The van der Waals surface area contributed by atoms with E-state index in [1.54, 1.807) is 6.08 Å². The second-order valence-corrected chi connectivity index (χ2v) is 6.57. The Kier molecular flexibility index (Phi) is 5.24. The predicted molar refractivity (Wildman–Crippen MR) is 84.2 cm³/mol. The fraction of sp³-hybridized carbons (Fsp3) is 0.500. The molecule has 0 radical (unpaired) electrons. The number of alkyl halides is 3. The lowest BCUT2D eigenvalue weighted by molar-refractivity contribution is -0.142. The molecule has 5 nitrogen and oxygen atoms in total. The lowest BCUT2D eigenvalue weighted by Crippen LogP contribution is -2.20. The van der Waals surface area contributed by atoms with Gasteiger partial charge in [0.15, 0.2) is 0 Å². The van der Waals surface area contributed by atoms with Crippen molar-refractivity contribution < 1.29 is 37.7 Å². The number of carbonyl (C=O) groups excluding carboxylic acids is 1. The van der Waals surface area contributed by atoms with Gasteiger partial charge in [0.1, 0.15) is 24.6 Å². The number of benzene rings is 1. The van der Waals surface area contributed by atoms with Crippen LogP contribution in [-0.4, -0.2) is 41.1 Å². The Morgan fingerprint density at radius 2 is 2.15 bits per heavy atom. The lowest BCUT2D eigenvalue weighted by Gasteiger charge is -2.16. The van der Waals surface area contributed by atoms with Gasteiger partial charge in [0.05, 0.1) is 18.1 Å². The lowest BCUT2D eigenvalue weighted by atomic mass is 9.91. The molecule has 3 rings (SSSR count). The Labute approximate surface area is 148 Å². The van der Waals surface area contributed by atoms with Crippen molar-refractivity contribution in [1.29, 1.82) is 0 Å². The van der Waals surface area contributed by atoms with E-state index < -0.39 is 23.9 Å². The Morgan fingerprint density at radius 1 is 1.38 bits per heavy atom. The third-order valence-corrected chi connectivity index (χ3v) is 4.71. The second kappa shape index (κ2) is 7.28. The molecule has 1 aliphatic carbocycles. The fourth-order valence-electron chi connectivity index (χ4n) is 3.44. The maximum absolute atomic E-state index is 12.7. The van der Waals surface area contributed by atoms with Gasteiger partial charge in [-0.25, -0.2) is 0 Å². The maximum atomic E-state index is 12.7. The van der Waals surface area contributed by atoms with Crippen LogP contribution in [0.5, 0.6) is 5.75 Å². The first-order valence-corrected chi connectivity index (χ1v) is 8.28. The predicted octanol–water partition coefficient (Wildman–Crippen LogP) is 2.31. The molecule has 0 spiro atoms. The van der Waals surface area contributed by atoms with Crippen LogP contribution in [0.4, 0.5) is 13.2 Å². The molecule has 0 bridgehead atoms. The first kappa shape index (κ1) is 18.7. The van der Waals surface area contributed by atoms with Gasteiger partial charge in [0, 0.05) is 18.3 Å². The molecule has 5 atom stereocenters. The van der Waals surface area contributed by atoms with Gasteiger partial charge in [-0.2, -0.15) is 13.2 Å². The molecule has 2 fully saturated rings. The molecule has 8 heteroatoms. The third-order valence-electron chi connectivity index (χ3n) is 4.71. The Hall–Kier alpha value is -2.06. The molecule has 1 heterocycles. The van der Waals surface area contributed by atoms with Crippen LogP contribution in [0.3, 0.4) is 0 Å². The monoisotopic (exact) mass is 372 g/mol. The maximum Gasteiger partial charge on any atom is 0.416 e. The van der Waals surface area contributed by atoms with E-state index in [1.807, 2.05) is 0 Å². The quantitative estimate of drug-likeness (QED) is 0.613. The van der Waals surface area contributed by atoms with E-state index in [1.165, 1.54) is 18.2 Å². The van der Waals surface area contributed by atoms with Crippen LogP contribution < -0.4 is 4.74 Å². The zero-order valence-electron chi connectivity index (χ0n) is 13.7. The number of aliphatic hydroxyl groups excluding tert-OH is 2. The van der Waals surface area contributed by atoms with E-state index in [4.69, 9.17) is 9.47 Å². The smallest absolute Gasteiger partial charge is 0.416 e. The standard InChI is InChI=1S/C18H19F3O5/c19-18(20,21)10-2-1-3-12(6-10)25-9-11(22)4-5-13-14-7-17(24)26-16(14)8-15(13)23/h1-6,11,13-16,22-23H,7-9H2/b5-4+/t11?,13-,14?,15?,16?/m1/s1. The highest BCUT2D eigenvalue weighted by molar-refractivity contribution is 5.72. The van der Waals surface area contributed by atoms with Crippen molar-refractivity contribution in [3.8, 4) is 5.75 Å². The van der Waals surface area contributed by atoms with E-state index >= 15 is 0 Å². The topological polar surface area (TPSA) is 76.0 Å². The molecular formula is C18H19F3O5. The largest absolute Gasteiger partial charge is 0.491 e. The molecular weight excluding hydrogens is 353 g/mol. The summed E-state index contributed by atoms with van der Waals surface area (Å²) in [5, 5.41) is 20.0. The van der Waals surface area contributed by atoms with Gasteiger partial charge in [-0.3, -0.25) is 4.79 Å². The molecule has 1 aromatic carbocycles. The van der Waals surface area contributed by atoms with E-state index in [0.29, 0.717) is 6.42 Å². The van der Waals surface area contributed by atoms with Crippen LogP contribution in [0, 0.1) is 11.8 Å². The molecule has 4 unspecified atom stereocenters. The van der Waals surface area contributed by atoms with Crippen molar-refractivity contribution >= 4 is 5.97 Å². The van der Waals surface area contributed by atoms with Crippen LogP contribution in [0.25, 0.3) is 0 Å². The molecule has 1 aromatic rings. The van der Waals surface area contributed by atoms with E-state index in [0.717, 1.165) is 12.1 Å². The van der Waals surface area contributed by atoms with E-state index in [9.17, 15) is 28.2 Å². The summed E-state index contributed by atoms with van der Waals surface area (Å²) in [6, 6.07) is 4.40. The van der Waals surface area contributed by atoms with Gasteiger partial charge in [-0.05, 0) is 18.2 Å². The number of rotatable bonds is 5. The molecule has 0 amide bonds. The molecule has 0 aromatic heterocycles. The second-order valence-electron chi connectivity index (χ2n) is 6.57. The zero-order valence-corrected chi connectivity index (χ0v) is 13.7. The van der Waals surface area contributed by atoms with Crippen LogP contribution in [0.1, 0.15) is 18.4 Å². The number of hydrogen-bond donors (Lipinski definition) is 2. The normalized spacial score (nSPS) is 29.7. The van der Waals surface area contributed by atoms with Gasteiger partial charge >= 0.3 is 12.1 Å². The van der Waals surface area contributed by atoms with Crippen molar-refractivity contribution in [2.24, 2.45) is 11.8 Å². The fourth-order valence-corrected chi connectivity index (χ4v) is 3.44. The van der Waals surface area contributed by atoms with Crippen LogP contribution in [0.2, 0.25) is 0 Å². The number of esters is 1. The van der Waals surface area contributed by atoms with Gasteiger partial charge < -0.3 is 19.7 Å². The number of ether oxygens (including phenoxy) is 2. The van der Waals surface area contributed by atoms with Crippen molar-refractivity contribution in [1.82, 2.24) is 0 Å². The molecule has 1 aliphatic heterocycles. The number of halogens is 3. The summed E-state index contributed by atoms with van der Waals surface area (Å²) in [6.07, 6.45) is -2.85. The molecule has 1 saturated heterocycles. The summed E-state index contributed by atoms with van der Waals surface area (Å²) in [6.45, 7) is -0.232. The van der Waals surface area contributed by atoms with E-state index in [2.05, 4.69) is 0 Å². The highest BCUT2D eigenvalue weighted by atomic mass is 19.4. The number of hydrogen-bond acceptors (Lipinski definition) is 5. The van der Waals surface area contributed by atoms with Crippen LogP contribution >= 0.6 is 0 Å². The van der Waals surface area contributed by atoms with E-state index in [-0.39, 0.29) is 42.7 Å². The molecule has 26 heavy (non-hydrogen) atoms. The van der Waals surface area contributed by atoms with Gasteiger partial charge in [0.2, 0.25) is 0 Å². The minimum atomic E-state index is -4.46. The Morgan fingerprint density at radius 3 is 2.88 bits per heavy atom. The SMILES string of the molecule is O=C1CC2C(CC(O)[C@@H]2/C=C/C(O)COc2cccc(C(F)(F)F)c2)O1. The summed E-state index contributed by atoms with van der Waals surface area (Å²) in [7, 11) is 0. The average Bonchev–Trinajstić information content (AvgIpc) is 3.05. The van der Waals surface area contributed by atoms with Gasteiger partial charge in [0.25, 0.3) is 0 Å². The number of aliphatic hydroxyl groups is 2.